The van der Waals surface area contributed by atoms with Gasteiger partial charge in [-0.2, -0.15) is 5.10 Å². The van der Waals surface area contributed by atoms with Gasteiger partial charge in [0.15, 0.2) is 10.8 Å². The lowest BCUT2D eigenvalue weighted by Gasteiger charge is -2.15. The van der Waals surface area contributed by atoms with E-state index in [9.17, 15) is 9.59 Å². The second-order valence-electron chi connectivity index (χ2n) is 8.58. The highest BCUT2D eigenvalue weighted by atomic mass is 32.2. The molecule has 0 spiro atoms. The minimum Gasteiger partial charge on any atom is -0.356 e. The van der Waals surface area contributed by atoms with Crippen molar-refractivity contribution in [2.45, 2.75) is 56.6 Å². The van der Waals surface area contributed by atoms with Crippen LogP contribution in [0.2, 0.25) is 0 Å². The first kappa shape index (κ1) is 21.0. The van der Waals surface area contributed by atoms with Gasteiger partial charge in [0.2, 0.25) is 5.91 Å². The number of rotatable bonds is 6. The molecule has 3 heterocycles. The van der Waals surface area contributed by atoms with Crippen LogP contribution in [0.4, 0.5) is 0 Å². The molecule has 5 rings (SSSR count). The van der Waals surface area contributed by atoms with Gasteiger partial charge in [-0.25, -0.2) is 9.67 Å². The summed E-state index contributed by atoms with van der Waals surface area (Å²) in [6.45, 7) is 2.68. The van der Waals surface area contributed by atoms with Crippen LogP contribution in [0.1, 0.15) is 50.1 Å². The third-order valence-corrected chi connectivity index (χ3v) is 7.29. The zero-order valence-corrected chi connectivity index (χ0v) is 19.0. The monoisotopic (exact) mass is 449 g/mol. The molecule has 1 atom stereocenters. The lowest BCUT2D eigenvalue weighted by molar-refractivity contribution is -0.121. The van der Waals surface area contributed by atoms with Crippen LogP contribution in [0.3, 0.4) is 0 Å². The summed E-state index contributed by atoms with van der Waals surface area (Å²) in [4.78, 5) is 30.6. The summed E-state index contributed by atoms with van der Waals surface area (Å²) >= 11 is 1.53. The number of carbonyl (C=O) groups excluding carboxylic acids is 1. The molecular weight excluding hydrogens is 422 g/mol. The Labute approximate surface area is 190 Å². The quantitative estimate of drug-likeness (QED) is 0.455. The Kier molecular flexibility index (Phi) is 5.87. The first-order valence-corrected chi connectivity index (χ1v) is 12.2. The van der Waals surface area contributed by atoms with E-state index in [1.807, 2.05) is 31.2 Å². The highest BCUT2D eigenvalue weighted by Crippen LogP contribution is 2.33. The molecule has 1 unspecified atom stereocenters. The predicted molar refractivity (Wildman–Crippen MR) is 126 cm³/mol. The zero-order valence-electron chi connectivity index (χ0n) is 18.2. The molecule has 2 aliphatic rings. The van der Waals surface area contributed by atoms with E-state index < -0.39 is 0 Å². The Bertz CT molecular complexity index is 1260. The SMILES string of the molecule is Cc1cccc(-n2ncc3c(=O)n4c(nc32)SCC4CC(=O)NCCC2=CCCCC2)c1. The Hall–Kier alpha value is -2.87. The molecule has 166 valence electrons. The number of aromatic nitrogens is 4. The Morgan fingerprint density at radius 3 is 3.03 bits per heavy atom. The van der Waals surface area contributed by atoms with Crippen LogP contribution in [0, 0.1) is 6.92 Å². The number of hydrogen-bond donors (Lipinski definition) is 1. The van der Waals surface area contributed by atoms with Gasteiger partial charge >= 0.3 is 0 Å². The number of thioether (sulfide) groups is 1. The highest BCUT2D eigenvalue weighted by Gasteiger charge is 2.29. The number of allylic oxidation sites excluding steroid dienone is 1. The van der Waals surface area contributed by atoms with Crippen LogP contribution in [0.15, 0.2) is 52.1 Å². The maximum atomic E-state index is 13.3. The second-order valence-corrected chi connectivity index (χ2v) is 9.57. The van der Waals surface area contributed by atoms with Gasteiger partial charge in [0.05, 0.1) is 17.9 Å². The lowest BCUT2D eigenvalue weighted by Crippen LogP contribution is -2.31. The van der Waals surface area contributed by atoms with Crippen molar-refractivity contribution in [3.05, 3.63) is 58.0 Å². The molecule has 1 aliphatic carbocycles. The van der Waals surface area contributed by atoms with E-state index in [-0.39, 0.29) is 23.9 Å². The van der Waals surface area contributed by atoms with Crippen LogP contribution >= 0.6 is 11.8 Å². The molecule has 2 aromatic heterocycles. The average Bonchev–Trinajstić information content (AvgIpc) is 3.39. The molecule has 7 nitrogen and oxygen atoms in total. The molecule has 0 radical (unpaired) electrons. The standard InChI is InChI=1S/C24H27N5O2S/c1-16-6-5-9-18(12-16)29-22-20(14-26-29)23(31)28-19(15-32-24(28)27-22)13-21(30)25-11-10-17-7-3-2-4-8-17/h5-7,9,12,14,19H,2-4,8,10-11,13,15H2,1H3,(H,25,30). The first-order chi connectivity index (χ1) is 15.6. The summed E-state index contributed by atoms with van der Waals surface area (Å²) in [5.41, 5.74) is 3.88. The zero-order chi connectivity index (χ0) is 22.1. The van der Waals surface area contributed by atoms with Crippen molar-refractivity contribution >= 4 is 28.7 Å². The van der Waals surface area contributed by atoms with Gasteiger partial charge in [-0.3, -0.25) is 14.2 Å². The van der Waals surface area contributed by atoms with E-state index >= 15 is 0 Å². The minimum absolute atomic E-state index is 0.0117. The predicted octanol–water partition coefficient (Wildman–Crippen LogP) is 3.93. The second kappa shape index (κ2) is 8.94. The molecule has 1 N–H and O–H groups in total. The number of aryl methyl sites for hydroxylation is 1. The molecule has 32 heavy (non-hydrogen) atoms. The molecule has 1 amide bonds. The Morgan fingerprint density at radius 1 is 1.31 bits per heavy atom. The van der Waals surface area contributed by atoms with Crippen molar-refractivity contribution in [3.8, 4) is 5.69 Å². The maximum absolute atomic E-state index is 13.3. The molecule has 1 aromatic carbocycles. The Balaban J connectivity index is 1.32. The van der Waals surface area contributed by atoms with E-state index in [2.05, 4.69) is 16.5 Å². The summed E-state index contributed by atoms with van der Waals surface area (Å²) in [5.74, 6) is 0.660. The van der Waals surface area contributed by atoms with E-state index in [1.54, 1.807) is 15.4 Å². The highest BCUT2D eigenvalue weighted by molar-refractivity contribution is 7.99. The van der Waals surface area contributed by atoms with E-state index in [4.69, 9.17) is 4.98 Å². The summed E-state index contributed by atoms with van der Waals surface area (Å²) in [5, 5.41) is 8.59. The van der Waals surface area contributed by atoms with Gasteiger partial charge in [0.1, 0.15) is 5.39 Å². The van der Waals surface area contributed by atoms with Crippen molar-refractivity contribution in [1.29, 1.82) is 0 Å². The van der Waals surface area contributed by atoms with Crippen LogP contribution in [-0.4, -0.2) is 37.5 Å². The Morgan fingerprint density at radius 2 is 2.22 bits per heavy atom. The van der Waals surface area contributed by atoms with Crippen molar-refractivity contribution < 1.29 is 4.79 Å². The largest absolute Gasteiger partial charge is 0.356 e. The number of benzene rings is 1. The fourth-order valence-corrected chi connectivity index (χ4v) is 5.64. The van der Waals surface area contributed by atoms with Gasteiger partial charge < -0.3 is 5.32 Å². The summed E-state index contributed by atoms with van der Waals surface area (Å²) in [6.07, 6.45) is 9.93. The van der Waals surface area contributed by atoms with E-state index in [0.29, 0.717) is 28.5 Å². The fraction of sp³-hybridized carbons (Fsp3) is 0.417. The molecule has 8 heteroatoms. The van der Waals surface area contributed by atoms with Gasteiger partial charge in [0, 0.05) is 18.7 Å². The summed E-state index contributed by atoms with van der Waals surface area (Å²) in [6, 6.07) is 7.77. The molecule has 1 aliphatic heterocycles. The molecule has 0 saturated heterocycles. The van der Waals surface area contributed by atoms with Crippen LogP contribution in [0.5, 0.6) is 0 Å². The topological polar surface area (TPSA) is 81.8 Å². The normalized spacial score (nSPS) is 17.9. The minimum atomic E-state index is -0.185. The van der Waals surface area contributed by atoms with Crippen molar-refractivity contribution in [1.82, 2.24) is 24.6 Å². The summed E-state index contributed by atoms with van der Waals surface area (Å²) in [7, 11) is 0. The smallest absolute Gasteiger partial charge is 0.265 e. The van der Waals surface area contributed by atoms with Crippen LogP contribution in [0.25, 0.3) is 16.7 Å². The number of amides is 1. The molecule has 0 bridgehead atoms. The number of carbonyl (C=O) groups is 1. The molecule has 0 saturated carbocycles. The number of nitrogens with one attached hydrogen (secondary N) is 1. The number of nitrogens with zero attached hydrogens (tertiary/aromatic N) is 4. The third-order valence-electron chi connectivity index (χ3n) is 6.19. The molecular formula is C24H27N5O2S. The van der Waals surface area contributed by atoms with E-state index in [0.717, 1.165) is 30.5 Å². The average molecular weight is 450 g/mol. The fourth-order valence-electron chi connectivity index (χ4n) is 4.51. The first-order valence-electron chi connectivity index (χ1n) is 11.2. The lowest BCUT2D eigenvalue weighted by atomic mass is 9.97. The third kappa shape index (κ3) is 4.11. The number of fused-ring (bicyclic) bond motifs is 2. The van der Waals surface area contributed by atoms with Crippen molar-refractivity contribution in [2.75, 3.05) is 12.3 Å². The van der Waals surface area contributed by atoms with Gasteiger partial charge in [-0.05, 0) is 56.7 Å². The number of hydrogen-bond acceptors (Lipinski definition) is 5. The molecule has 0 fully saturated rings. The van der Waals surface area contributed by atoms with Gasteiger partial charge in [0.25, 0.3) is 5.56 Å². The maximum Gasteiger partial charge on any atom is 0.265 e. The van der Waals surface area contributed by atoms with E-state index in [1.165, 1.54) is 30.2 Å². The van der Waals surface area contributed by atoms with Crippen molar-refractivity contribution in [3.63, 3.8) is 0 Å². The molecule has 3 aromatic rings. The van der Waals surface area contributed by atoms with Crippen LogP contribution < -0.4 is 10.9 Å². The van der Waals surface area contributed by atoms with Crippen LogP contribution in [-0.2, 0) is 4.79 Å². The van der Waals surface area contributed by atoms with Gasteiger partial charge in [-0.15, -0.1) is 0 Å². The van der Waals surface area contributed by atoms with Gasteiger partial charge in [-0.1, -0.05) is 35.5 Å². The van der Waals surface area contributed by atoms with Crippen molar-refractivity contribution in [2.24, 2.45) is 0 Å². The summed E-state index contributed by atoms with van der Waals surface area (Å²) < 4.78 is 3.39.